The van der Waals surface area contributed by atoms with Crippen LogP contribution < -0.4 is 5.32 Å². The van der Waals surface area contributed by atoms with E-state index >= 15 is 0 Å². The molecule has 1 atom stereocenters. The number of aromatic nitrogens is 2. The first kappa shape index (κ1) is 14.4. The minimum Gasteiger partial charge on any atom is -0.312 e. The molecule has 1 aromatic rings. The van der Waals surface area contributed by atoms with Gasteiger partial charge in [0.15, 0.2) is 5.03 Å². The zero-order valence-corrected chi connectivity index (χ0v) is 11.5. The SMILES string of the molecule is C[C@H]1CN(S(=O)(=O)c2ccnn2C)CCN1.Cl. The fraction of sp³-hybridized carbons (Fsp3) is 0.667. The summed E-state index contributed by atoms with van der Waals surface area (Å²) in [6.45, 7) is 3.69. The Morgan fingerprint density at radius 1 is 1.53 bits per heavy atom. The Bertz CT molecular complexity index is 473. The third-order valence-corrected chi connectivity index (χ3v) is 4.65. The summed E-state index contributed by atoms with van der Waals surface area (Å²) in [6.07, 6.45) is 1.50. The van der Waals surface area contributed by atoms with Crippen molar-refractivity contribution < 1.29 is 8.42 Å². The molecule has 98 valence electrons. The van der Waals surface area contributed by atoms with Crippen molar-refractivity contribution in [1.29, 1.82) is 0 Å². The van der Waals surface area contributed by atoms with Crippen LogP contribution in [0.3, 0.4) is 0 Å². The van der Waals surface area contributed by atoms with Gasteiger partial charge in [-0.2, -0.15) is 9.40 Å². The monoisotopic (exact) mass is 280 g/mol. The molecule has 0 aliphatic carbocycles. The normalized spacial score (nSPS) is 22.1. The van der Waals surface area contributed by atoms with Gasteiger partial charge in [0.25, 0.3) is 10.0 Å². The van der Waals surface area contributed by atoms with Crippen LogP contribution in [0.4, 0.5) is 0 Å². The zero-order chi connectivity index (χ0) is 11.8. The Labute approximate surface area is 107 Å². The van der Waals surface area contributed by atoms with Gasteiger partial charge in [0, 0.05) is 32.7 Å². The Morgan fingerprint density at radius 3 is 2.76 bits per heavy atom. The van der Waals surface area contributed by atoms with E-state index in [0.29, 0.717) is 19.6 Å². The van der Waals surface area contributed by atoms with E-state index in [1.54, 1.807) is 7.05 Å². The number of nitrogens with one attached hydrogen (secondary N) is 1. The summed E-state index contributed by atoms with van der Waals surface area (Å²) in [6, 6.07) is 1.72. The average Bonchev–Trinajstić information content (AvgIpc) is 2.65. The molecule has 1 saturated heterocycles. The molecule has 1 aliphatic heterocycles. The zero-order valence-electron chi connectivity index (χ0n) is 9.83. The van der Waals surface area contributed by atoms with Crippen LogP contribution in [0.1, 0.15) is 6.92 Å². The van der Waals surface area contributed by atoms with Gasteiger partial charge in [-0.3, -0.25) is 4.68 Å². The van der Waals surface area contributed by atoms with Gasteiger partial charge in [0.1, 0.15) is 0 Å². The summed E-state index contributed by atoms with van der Waals surface area (Å²) >= 11 is 0. The lowest BCUT2D eigenvalue weighted by Gasteiger charge is -2.30. The van der Waals surface area contributed by atoms with Crippen LogP contribution in [0.2, 0.25) is 0 Å². The lowest BCUT2D eigenvalue weighted by Crippen LogP contribution is -2.51. The van der Waals surface area contributed by atoms with E-state index in [9.17, 15) is 8.42 Å². The van der Waals surface area contributed by atoms with Gasteiger partial charge in [-0.05, 0) is 13.0 Å². The Balaban J connectivity index is 0.00000144. The van der Waals surface area contributed by atoms with E-state index in [-0.39, 0.29) is 23.5 Å². The van der Waals surface area contributed by atoms with Gasteiger partial charge in [-0.15, -0.1) is 12.4 Å². The maximum atomic E-state index is 12.3. The number of halogens is 1. The van der Waals surface area contributed by atoms with Crippen molar-refractivity contribution in [3.63, 3.8) is 0 Å². The highest BCUT2D eigenvalue weighted by molar-refractivity contribution is 7.89. The molecule has 1 aliphatic rings. The number of nitrogens with zero attached hydrogens (tertiary/aromatic N) is 3. The van der Waals surface area contributed by atoms with Crippen LogP contribution >= 0.6 is 12.4 Å². The molecular formula is C9H17ClN4O2S. The highest BCUT2D eigenvalue weighted by Gasteiger charge is 2.30. The van der Waals surface area contributed by atoms with Gasteiger partial charge < -0.3 is 5.32 Å². The van der Waals surface area contributed by atoms with Crippen LogP contribution in [0.25, 0.3) is 0 Å². The molecule has 0 bridgehead atoms. The van der Waals surface area contributed by atoms with E-state index < -0.39 is 10.0 Å². The van der Waals surface area contributed by atoms with E-state index in [0.717, 1.165) is 0 Å². The first-order valence-electron chi connectivity index (χ1n) is 5.23. The molecule has 0 spiro atoms. The van der Waals surface area contributed by atoms with Crippen LogP contribution in [-0.4, -0.2) is 48.2 Å². The highest BCUT2D eigenvalue weighted by atomic mass is 35.5. The second kappa shape index (κ2) is 5.34. The minimum atomic E-state index is -3.39. The van der Waals surface area contributed by atoms with Crippen molar-refractivity contribution in [2.45, 2.75) is 18.0 Å². The van der Waals surface area contributed by atoms with Crippen LogP contribution in [-0.2, 0) is 17.1 Å². The standard InChI is InChI=1S/C9H16N4O2S.ClH/c1-8-7-13(6-5-10-8)16(14,15)9-3-4-11-12(9)2;/h3-4,8,10H,5-7H2,1-2H3;1H/t8-;/m0./s1. The third kappa shape index (κ3) is 2.79. The minimum absolute atomic E-state index is 0. The van der Waals surface area contributed by atoms with Gasteiger partial charge in [-0.25, -0.2) is 8.42 Å². The van der Waals surface area contributed by atoms with Crippen molar-refractivity contribution >= 4 is 22.4 Å². The summed E-state index contributed by atoms with van der Waals surface area (Å²) in [5.41, 5.74) is 0. The maximum absolute atomic E-state index is 12.3. The van der Waals surface area contributed by atoms with Crippen molar-refractivity contribution in [1.82, 2.24) is 19.4 Å². The van der Waals surface area contributed by atoms with Gasteiger partial charge in [0.2, 0.25) is 0 Å². The van der Waals surface area contributed by atoms with Crippen LogP contribution in [0.15, 0.2) is 17.3 Å². The van der Waals surface area contributed by atoms with Gasteiger partial charge in [0.05, 0.1) is 6.20 Å². The molecule has 2 heterocycles. The maximum Gasteiger partial charge on any atom is 0.260 e. The van der Waals surface area contributed by atoms with E-state index in [2.05, 4.69) is 10.4 Å². The molecule has 0 amide bonds. The largest absolute Gasteiger partial charge is 0.312 e. The molecule has 0 radical (unpaired) electrons. The topological polar surface area (TPSA) is 67.2 Å². The van der Waals surface area contributed by atoms with Crippen molar-refractivity contribution in [2.24, 2.45) is 7.05 Å². The fourth-order valence-corrected chi connectivity index (χ4v) is 3.49. The molecule has 0 unspecified atom stereocenters. The number of hydrogen-bond donors (Lipinski definition) is 1. The lowest BCUT2D eigenvalue weighted by molar-refractivity contribution is 0.308. The Morgan fingerprint density at radius 2 is 2.24 bits per heavy atom. The first-order valence-corrected chi connectivity index (χ1v) is 6.67. The van der Waals surface area contributed by atoms with Gasteiger partial charge in [-0.1, -0.05) is 0 Å². The number of hydrogen-bond acceptors (Lipinski definition) is 4. The molecule has 17 heavy (non-hydrogen) atoms. The molecule has 1 aromatic heterocycles. The first-order chi connectivity index (χ1) is 7.51. The second-order valence-corrected chi connectivity index (χ2v) is 5.90. The molecule has 0 aromatic carbocycles. The summed E-state index contributed by atoms with van der Waals surface area (Å²) < 4.78 is 27.4. The summed E-state index contributed by atoms with van der Waals surface area (Å²) in [5.74, 6) is 0. The van der Waals surface area contributed by atoms with Crippen molar-refractivity contribution in [2.75, 3.05) is 19.6 Å². The van der Waals surface area contributed by atoms with E-state index in [4.69, 9.17) is 0 Å². The lowest BCUT2D eigenvalue weighted by atomic mass is 10.3. The second-order valence-electron chi connectivity index (χ2n) is 4.01. The van der Waals surface area contributed by atoms with Crippen LogP contribution in [0, 0.1) is 0 Å². The molecule has 2 rings (SSSR count). The molecule has 6 nitrogen and oxygen atoms in total. The molecule has 8 heteroatoms. The smallest absolute Gasteiger partial charge is 0.260 e. The summed E-state index contributed by atoms with van der Waals surface area (Å²) in [7, 11) is -1.75. The number of rotatable bonds is 2. The average molecular weight is 281 g/mol. The summed E-state index contributed by atoms with van der Waals surface area (Å²) in [5, 5.41) is 7.36. The third-order valence-electron chi connectivity index (χ3n) is 2.71. The molecular weight excluding hydrogens is 264 g/mol. The molecule has 0 saturated carbocycles. The molecule has 1 fully saturated rings. The van der Waals surface area contributed by atoms with Crippen molar-refractivity contribution in [3.05, 3.63) is 12.3 Å². The van der Waals surface area contributed by atoms with Gasteiger partial charge >= 0.3 is 0 Å². The predicted octanol–water partition coefficient (Wildman–Crippen LogP) is -0.176. The number of sulfonamides is 1. The molecule has 1 N–H and O–H groups in total. The van der Waals surface area contributed by atoms with E-state index in [1.807, 2.05) is 6.92 Å². The van der Waals surface area contributed by atoms with E-state index in [1.165, 1.54) is 21.3 Å². The quantitative estimate of drug-likeness (QED) is 0.816. The highest BCUT2D eigenvalue weighted by Crippen LogP contribution is 2.15. The Hall–Kier alpha value is -0.630. The van der Waals surface area contributed by atoms with Crippen molar-refractivity contribution in [3.8, 4) is 0 Å². The van der Waals surface area contributed by atoms with Crippen LogP contribution in [0.5, 0.6) is 0 Å². The predicted molar refractivity (Wildman–Crippen MR) is 66.7 cm³/mol. The fourth-order valence-electron chi connectivity index (χ4n) is 1.86. The Kier molecular flexibility index (Phi) is 4.54. The number of piperazine rings is 1. The number of aryl methyl sites for hydroxylation is 1. The summed E-state index contributed by atoms with van der Waals surface area (Å²) in [4.78, 5) is 0.